The summed E-state index contributed by atoms with van der Waals surface area (Å²) < 4.78 is 21.6. The van der Waals surface area contributed by atoms with Crippen molar-refractivity contribution < 1.29 is 23.7 Å². The second-order valence-electron chi connectivity index (χ2n) is 8.26. The Morgan fingerprint density at radius 3 is 2.06 bits per heavy atom. The van der Waals surface area contributed by atoms with Crippen LogP contribution in [0.4, 0.5) is 10.5 Å². The molecule has 9 nitrogen and oxygen atoms in total. The van der Waals surface area contributed by atoms with Gasteiger partial charge in [-0.2, -0.15) is 0 Å². The van der Waals surface area contributed by atoms with Gasteiger partial charge in [0.1, 0.15) is 5.60 Å². The Hall–Kier alpha value is -2.84. The summed E-state index contributed by atoms with van der Waals surface area (Å²) >= 11 is 0. The topological polar surface area (TPSA) is 102 Å². The van der Waals surface area contributed by atoms with Crippen molar-refractivity contribution in [2.24, 2.45) is 10.9 Å². The number of guanidine groups is 1. The van der Waals surface area contributed by atoms with Gasteiger partial charge in [-0.15, -0.1) is 0 Å². The number of hydrogen-bond acceptors (Lipinski definition) is 6. The molecule has 0 aliphatic carbocycles. The number of methoxy groups -OCH3 is 3. The van der Waals surface area contributed by atoms with Crippen molar-refractivity contribution in [1.82, 2.24) is 10.6 Å². The van der Waals surface area contributed by atoms with Crippen LogP contribution in [0.5, 0.6) is 17.2 Å². The van der Waals surface area contributed by atoms with Crippen molar-refractivity contribution >= 4 is 17.7 Å². The fourth-order valence-electron chi connectivity index (χ4n) is 2.67. The Labute approximate surface area is 185 Å². The molecule has 9 heteroatoms. The van der Waals surface area contributed by atoms with Gasteiger partial charge in [-0.05, 0) is 33.6 Å². The molecule has 0 aliphatic heterocycles. The standard InChI is InChI=1S/C22H38N4O5/c1-10-23-20(24-13-16(14(2)3)26-21(27)31-22(4,5)6)25-15-11-17(28-7)19(30-9)18(12-15)29-8/h11-12,14,16H,10,13H2,1-9H3,(H,26,27)(H2,23,24,25). The lowest BCUT2D eigenvalue weighted by molar-refractivity contribution is 0.0493. The number of carbonyl (C=O) groups is 1. The molecule has 0 fully saturated rings. The Morgan fingerprint density at radius 1 is 1.06 bits per heavy atom. The van der Waals surface area contributed by atoms with Gasteiger partial charge in [0, 0.05) is 24.4 Å². The maximum Gasteiger partial charge on any atom is 0.407 e. The molecule has 1 atom stereocenters. The van der Waals surface area contributed by atoms with E-state index in [2.05, 4.69) is 20.9 Å². The molecular weight excluding hydrogens is 400 g/mol. The minimum absolute atomic E-state index is 0.167. The van der Waals surface area contributed by atoms with E-state index in [9.17, 15) is 4.79 Å². The molecule has 1 aromatic carbocycles. The molecule has 0 saturated carbocycles. The zero-order valence-electron chi connectivity index (χ0n) is 20.2. The average molecular weight is 439 g/mol. The SMILES string of the molecule is CCNC(=NCC(NC(=O)OC(C)(C)C)C(C)C)Nc1cc(OC)c(OC)c(OC)c1. The van der Waals surface area contributed by atoms with Crippen molar-refractivity contribution in [2.45, 2.75) is 53.2 Å². The largest absolute Gasteiger partial charge is 0.493 e. The van der Waals surface area contributed by atoms with E-state index >= 15 is 0 Å². The van der Waals surface area contributed by atoms with Crippen molar-refractivity contribution in [3.63, 3.8) is 0 Å². The van der Waals surface area contributed by atoms with Crippen LogP contribution in [0.1, 0.15) is 41.5 Å². The highest BCUT2D eigenvalue weighted by Gasteiger charge is 2.21. The molecule has 0 bridgehead atoms. The van der Waals surface area contributed by atoms with Gasteiger partial charge in [0.05, 0.1) is 33.9 Å². The summed E-state index contributed by atoms with van der Waals surface area (Å²) in [5, 5.41) is 9.35. The lowest BCUT2D eigenvalue weighted by Gasteiger charge is -2.25. The minimum Gasteiger partial charge on any atom is -0.493 e. The molecule has 176 valence electrons. The third kappa shape index (κ3) is 8.82. The molecule has 0 heterocycles. The number of ether oxygens (including phenoxy) is 4. The van der Waals surface area contributed by atoms with Crippen LogP contribution in [0.25, 0.3) is 0 Å². The summed E-state index contributed by atoms with van der Waals surface area (Å²) in [5.41, 5.74) is 0.160. The Bertz CT molecular complexity index is 719. The van der Waals surface area contributed by atoms with E-state index in [0.717, 1.165) is 5.69 Å². The predicted octanol–water partition coefficient (Wildman–Crippen LogP) is 3.64. The van der Waals surface area contributed by atoms with E-state index in [-0.39, 0.29) is 12.0 Å². The fourth-order valence-corrected chi connectivity index (χ4v) is 2.67. The van der Waals surface area contributed by atoms with Gasteiger partial charge in [-0.1, -0.05) is 13.8 Å². The number of nitrogens with zero attached hydrogens (tertiary/aromatic N) is 1. The Morgan fingerprint density at radius 2 is 1.65 bits per heavy atom. The highest BCUT2D eigenvalue weighted by Crippen LogP contribution is 2.39. The van der Waals surface area contributed by atoms with Crippen LogP contribution in [-0.2, 0) is 4.74 Å². The summed E-state index contributed by atoms with van der Waals surface area (Å²) in [5.74, 6) is 2.31. The number of anilines is 1. The molecule has 1 aromatic rings. The maximum absolute atomic E-state index is 12.2. The number of nitrogens with one attached hydrogen (secondary N) is 3. The zero-order chi connectivity index (χ0) is 23.6. The van der Waals surface area contributed by atoms with E-state index in [1.807, 2.05) is 41.5 Å². The van der Waals surface area contributed by atoms with E-state index in [0.29, 0.717) is 36.3 Å². The summed E-state index contributed by atoms with van der Waals surface area (Å²) in [4.78, 5) is 16.8. The van der Waals surface area contributed by atoms with Crippen molar-refractivity contribution in [3.05, 3.63) is 12.1 Å². The number of amides is 1. The van der Waals surface area contributed by atoms with Crippen LogP contribution in [-0.4, -0.2) is 58.1 Å². The van der Waals surface area contributed by atoms with Crippen LogP contribution in [0.3, 0.4) is 0 Å². The number of hydrogen-bond donors (Lipinski definition) is 3. The molecule has 1 rings (SSSR count). The lowest BCUT2D eigenvalue weighted by Crippen LogP contribution is -2.44. The van der Waals surface area contributed by atoms with Gasteiger partial charge in [0.15, 0.2) is 17.5 Å². The molecule has 31 heavy (non-hydrogen) atoms. The first kappa shape index (κ1) is 26.2. The maximum atomic E-state index is 12.2. The van der Waals surface area contributed by atoms with E-state index in [1.165, 1.54) is 0 Å². The summed E-state index contributed by atoms with van der Waals surface area (Å²) in [6.45, 7) is 12.6. The lowest BCUT2D eigenvalue weighted by atomic mass is 10.1. The van der Waals surface area contributed by atoms with Gasteiger partial charge in [0.25, 0.3) is 0 Å². The van der Waals surface area contributed by atoms with Crippen molar-refractivity contribution in [1.29, 1.82) is 0 Å². The molecule has 0 saturated heterocycles. The summed E-state index contributed by atoms with van der Waals surface area (Å²) in [7, 11) is 4.69. The molecule has 3 N–H and O–H groups in total. The first-order valence-corrected chi connectivity index (χ1v) is 10.4. The Balaban J connectivity index is 3.03. The predicted molar refractivity (Wildman–Crippen MR) is 124 cm³/mol. The fraction of sp³-hybridized carbons (Fsp3) is 0.636. The van der Waals surface area contributed by atoms with E-state index in [4.69, 9.17) is 18.9 Å². The molecule has 1 amide bonds. The molecule has 0 spiro atoms. The van der Waals surface area contributed by atoms with Crippen molar-refractivity contribution in [3.8, 4) is 17.2 Å². The van der Waals surface area contributed by atoms with Gasteiger partial charge in [0.2, 0.25) is 5.75 Å². The molecular formula is C22H38N4O5. The normalized spacial score (nSPS) is 12.8. The number of carbonyl (C=O) groups excluding carboxylic acids is 1. The second-order valence-corrected chi connectivity index (χ2v) is 8.26. The van der Waals surface area contributed by atoms with Crippen LogP contribution in [0.15, 0.2) is 17.1 Å². The van der Waals surface area contributed by atoms with E-state index in [1.54, 1.807) is 33.5 Å². The third-order valence-electron chi connectivity index (χ3n) is 4.22. The van der Waals surface area contributed by atoms with Gasteiger partial charge < -0.3 is 34.9 Å². The van der Waals surface area contributed by atoms with Crippen molar-refractivity contribution in [2.75, 3.05) is 39.7 Å². The molecule has 0 radical (unpaired) electrons. The van der Waals surface area contributed by atoms with Gasteiger partial charge >= 0.3 is 6.09 Å². The van der Waals surface area contributed by atoms with E-state index < -0.39 is 11.7 Å². The average Bonchev–Trinajstić information content (AvgIpc) is 2.68. The highest BCUT2D eigenvalue weighted by molar-refractivity contribution is 5.94. The molecule has 0 aromatic heterocycles. The van der Waals surface area contributed by atoms with Crippen LogP contribution in [0, 0.1) is 5.92 Å². The summed E-state index contributed by atoms with van der Waals surface area (Å²) in [6.07, 6.45) is -0.455. The first-order chi connectivity index (χ1) is 14.5. The van der Waals surface area contributed by atoms with Crippen LogP contribution in [0.2, 0.25) is 0 Å². The van der Waals surface area contributed by atoms with Crippen LogP contribution < -0.4 is 30.2 Å². The quantitative estimate of drug-likeness (QED) is 0.400. The Kier molecular flexibility index (Phi) is 10.2. The van der Waals surface area contributed by atoms with Gasteiger partial charge in [-0.3, -0.25) is 4.99 Å². The second kappa shape index (κ2) is 12.1. The number of rotatable bonds is 9. The van der Waals surface area contributed by atoms with Gasteiger partial charge in [-0.25, -0.2) is 4.79 Å². The molecule has 1 unspecified atom stereocenters. The minimum atomic E-state index is -0.558. The summed E-state index contributed by atoms with van der Waals surface area (Å²) in [6, 6.07) is 3.41. The zero-order valence-corrected chi connectivity index (χ0v) is 20.2. The van der Waals surface area contributed by atoms with Crippen LogP contribution >= 0.6 is 0 Å². The monoisotopic (exact) mass is 438 g/mol. The molecule has 0 aliphatic rings. The highest BCUT2D eigenvalue weighted by atomic mass is 16.6. The number of aliphatic imine (C=N–C) groups is 1. The smallest absolute Gasteiger partial charge is 0.407 e. The first-order valence-electron chi connectivity index (χ1n) is 10.4. The number of alkyl carbamates (subject to hydrolysis) is 1. The number of benzene rings is 1. The third-order valence-corrected chi connectivity index (χ3v) is 4.22.